The topological polar surface area (TPSA) is 26.0 Å². The first-order valence-electron chi connectivity index (χ1n) is 4.69. The minimum Gasteiger partial charge on any atom is -0.324 e. The number of aryl methyl sites for hydroxylation is 1. The third-order valence-electron chi connectivity index (χ3n) is 2.50. The molecule has 0 bridgehead atoms. The number of benzene rings is 1. The molecular formula is C11H15ClF3N. The van der Waals surface area contributed by atoms with Gasteiger partial charge in [-0.1, -0.05) is 18.2 Å². The van der Waals surface area contributed by atoms with Gasteiger partial charge in [0.15, 0.2) is 0 Å². The number of rotatable bonds is 2. The first-order valence-corrected chi connectivity index (χ1v) is 4.69. The van der Waals surface area contributed by atoms with Crippen LogP contribution in [0.4, 0.5) is 13.2 Å². The monoisotopic (exact) mass is 253 g/mol. The average Bonchev–Trinajstić information content (AvgIpc) is 2.06. The molecule has 5 heteroatoms. The molecule has 92 valence electrons. The molecule has 16 heavy (non-hydrogen) atoms. The second-order valence-electron chi connectivity index (χ2n) is 3.71. The lowest BCUT2D eigenvalue weighted by Crippen LogP contribution is -2.21. The highest BCUT2D eigenvalue weighted by Gasteiger charge is 2.31. The molecule has 0 spiro atoms. The summed E-state index contributed by atoms with van der Waals surface area (Å²) in [6, 6.07) is 4.27. The zero-order valence-electron chi connectivity index (χ0n) is 9.14. The summed E-state index contributed by atoms with van der Waals surface area (Å²) in [6.45, 7) is 3.65. The molecular weight excluding hydrogens is 239 g/mol. The van der Waals surface area contributed by atoms with Crippen LogP contribution < -0.4 is 5.73 Å². The lowest BCUT2D eigenvalue weighted by atomic mass is 9.96. The van der Waals surface area contributed by atoms with Crippen LogP contribution in [0.15, 0.2) is 18.2 Å². The number of nitrogens with two attached hydrogens (primary N) is 1. The molecule has 2 N–H and O–H groups in total. The van der Waals surface area contributed by atoms with Gasteiger partial charge in [-0.2, -0.15) is 13.2 Å². The quantitative estimate of drug-likeness (QED) is 0.855. The Labute approximate surface area is 99.2 Å². The van der Waals surface area contributed by atoms with Crippen LogP contribution in [0.5, 0.6) is 0 Å². The molecule has 0 saturated heterocycles. The summed E-state index contributed by atoms with van der Waals surface area (Å²) in [7, 11) is 0. The maximum atomic E-state index is 12.1. The molecule has 0 aliphatic carbocycles. The van der Waals surface area contributed by atoms with Crippen LogP contribution in [0.3, 0.4) is 0 Å². The molecule has 1 nitrogen and oxygen atoms in total. The highest BCUT2D eigenvalue weighted by Crippen LogP contribution is 2.29. The van der Waals surface area contributed by atoms with Gasteiger partial charge in [0.05, 0.1) is 6.42 Å². The Morgan fingerprint density at radius 3 is 2.31 bits per heavy atom. The molecule has 0 aromatic heterocycles. The van der Waals surface area contributed by atoms with E-state index in [1.54, 1.807) is 19.1 Å². The molecule has 0 radical (unpaired) electrons. The highest BCUT2D eigenvalue weighted by atomic mass is 35.5. The number of hydrogen-bond acceptors (Lipinski definition) is 1. The molecule has 1 aromatic carbocycles. The summed E-state index contributed by atoms with van der Waals surface area (Å²) < 4.78 is 36.4. The van der Waals surface area contributed by atoms with Crippen molar-refractivity contribution in [2.24, 2.45) is 5.73 Å². The van der Waals surface area contributed by atoms with Gasteiger partial charge in [-0.3, -0.25) is 0 Å². The van der Waals surface area contributed by atoms with Crippen LogP contribution in [0, 0.1) is 13.8 Å². The van der Waals surface area contributed by atoms with Crippen LogP contribution >= 0.6 is 12.4 Å². The third-order valence-corrected chi connectivity index (χ3v) is 2.50. The van der Waals surface area contributed by atoms with Crippen molar-refractivity contribution in [3.05, 3.63) is 34.9 Å². The fourth-order valence-electron chi connectivity index (χ4n) is 1.53. The summed E-state index contributed by atoms with van der Waals surface area (Å²) in [6.07, 6.45) is -5.19. The standard InChI is InChI=1S/C11H14F3N.ClH/c1-7-4-3-5-9(8(7)2)10(15)6-11(12,13)14;/h3-5,10H,6,15H2,1-2H3;1H/t10-;/m0./s1. The van der Waals surface area contributed by atoms with Gasteiger partial charge in [-0.25, -0.2) is 0 Å². The molecule has 0 amide bonds. The Morgan fingerprint density at radius 1 is 1.25 bits per heavy atom. The van der Waals surface area contributed by atoms with Crippen molar-refractivity contribution in [2.75, 3.05) is 0 Å². The second kappa shape index (κ2) is 5.55. The van der Waals surface area contributed by atoms with Gasteiger partial charge in [0, 0.05) is 6.04 Å². The molecule has 1 rings (SSSR count). The van der Waals surface area contributed by atoms with E-state index in [4.69, 9.17) is 5.73 Å². The SMILES string of the molecule is Cc1cccc([C@@H](N)CC(F)(F)F)c1C.Cl. The fourth-order valence-corrected chi connectivity index (χ4v) is 1.53. The molecule has 0 aliphatic heterocycles. The van der Waals surface area contributed by atoms with Crippen LogP contribution in [-0.2, 0) is 0 Å². The number of hydrogen-bond donors (Lipinski definition) is 1. The first-order chi connectivity index (χ1) is 6.81. The van der Waals surface area contributed by atoms with Crippen LogP contribution in [-0.4, -0.2) is 6.18 Å². The lowest BCUT2D eigenvalue weighted by Gasteiger charge is -2.17. The van der Waals surface area contributed by atoms with Gasteiger partial charge >= 0.3 is 6.18 Å². The van der Waals surface area contributed by atoms with Crippen molar-refractivity contribution >= 4 is 12.4 Å². The molecule has 0 fully saturated rings. The van der Waals surface area contributed by atoms with Crippen molar-refractivity contribution < 1.29 is 13.2 Å². The molecule has 1 aromatic rings. The van der Waals surface area contributed by atoms with Crippen LogP contribution in [0.2, 0.25) is 0 Å². The first kappa shape index (κ1) is 15.3. The van der Waals surface area contributed by atoms with Crippen molar-refractivity contribution in [3.63, 3.8) is 0 Å². The van der Waals surface area contributed by atoms with E-state index in [0.717, 1.165) is 11.1 Å². The van der Waals surface area contributed by atoms with Gasteiger partial charge in [0.25, 0.3) is 0 Å². The molecule has 0 heterocycles. The molecule has 1 atom stereocenters. The minimum atomic E-state index is -4.21. The third kappa shape index (κ3) is 4.02. The second-order valence-corrected chi connectivity index (χ2v) is 3.71. The molecule has 0 saturated carbocycles. The lowest BCUT2D eigenvalue weighted by molar-refractivity contribution is -0.138. The van der Waals surface area contributed by atoms with Gasteiger partial charge in [0.2, 0.25) is 0 Å². The normalized spacial score (nSPS) is 13.1. The maximum Gasteiger partial charge on any atom is 0.390 e. The summed E-state index contributed by atoms with van der Waals surface area (Å²) in [5.41, 5.74) is 7.91. The smallest absolute Gasteiger partial charge is 0.324 e. The summed E-state index contributed by atoms with van der Waals surface area (Å²) in [5.74, 6) is 0. The predicted molar refractivity (Wildman–Crippen MR) is 60.8 cm³/mol. The molecule has 0 unspecified atom stereocenters. The Balaban J connectivity index is 0.00000225. The van der Waals surface area contributed by atoms with E-state index < -0.39 is 18.6 Å². The van der Waals surface area contributed by atoms with Gasteiger partial charge in [-0.15, -0.1) is 12.4 Å². The van der Waals surface area contributed by atoms with Gasteiger partial charge in [-0.05, 0) is 30.5 Å². The van der Waals surface area contributed by atoms with E-state index in [1.807, 2.05) is 13.0 Å². The van der Waals surface area contributed by atoms with Crippen molar-refractivity contribution in [1.29, 1.82) is 0 Å². The number of halogens is 4. The predicted octanol–water partition coefficient (Wildman–Crippen LogP) is 3.68. The highest BCUT2D eigenvalue weighted by molar-refractivity contribution is 5.85. The van der Waals surface area contributed by atoms with Crippen LogP contribution in [0.25, 0.3) is 0 Å². The van der Waals surface area contributed by atoms with Crippen molar-refractivity contribution in [1.82, 2.24) is 0 Å². The Kier molecular flexibility index (Phi) is 5.29. The number of alkyl halides is 3. The Hall–Kier alpha value is -0.740. The average molecular weight is 254 g/mol. The van der Waals surface area contributed by atoms with E-state index >= 15 is 0 Å². The van der Waals surface area contributed by atoms with E-state index in [1.165, 1.54) is 0 Å². The minimum absolute atomic E-state index is 0. The maximum absolute atomic E-state index is 12.1. The summed E-state index contributed by atoms with van der Waals surface area (Å²) >= 11 is 0. The Bertz CT molecular complexity index is 350. The molecule has 0 aliphatic rings. The summed E-state index contributed by atoms with van der Waals surface area (Å²) in [4.78, 5) is 0. The van der Waals surface area contributed by atoms with Gasteiger partial charge in [0.1, 0.15) is 0 Å². The van der Waals surface area contributed by atoms with Crippen molar-refractivity contribution in [3.8, 4) is 0 Å². The zero-order valence-corrected chi connectivity index (χ0v) is 9.95. The van der Waals surface area contributed by atoms with E-state index in [0.29, 0.717) is 5.56 Å². The van der Waals surface area contributed by atoms with Crippen LogP contribution in [0.1, 0.15) is 29.2 Å². The fraction of sp³-hybridized carbons (Fsp3) is 0.455. The summed E-state index contributed by atoms with van der Waals surface area (Å²) in [5, 5.41) is 0. The van der Waals surface area contributed by atoms with E-state index in [-0.39, 0.29) is 12.4 Å². The van der Waals surface area contributed by atoms with E-state index in [2.05, 4.69) is 0 Å². The van der Waals surface area contributed by atoms with E-state index in [9.17, 15) is 13.2 Å². The Morgan fingerprint density at radius 2 is 1.81 bits per heavy atom. The zero-order chi connectivity index (χ0) is 11.6. The van der Waals surface area contributed by atoms with Gasteiger partial charge < -0.3 is 5.73 Å². The van der Waals surface area contributed by atoms with Crippen molar-refractivity contribution in [2.45, 2.75) is 32.5 Å². The largest absolute Gasteiger partial charge is 0.390 e.